The van der Waals surface area contributed by atoms with Gasteiger partial charge in [-0.15, -0.1) is 16.6 Å². The van der Waals surface area contributed by atoms with Crippen LogP contribution in [0, 0.1) is 12.3 Å². The predicted octanol–water partition coefficient (Wildman–Crippen LogP) is 0.0623. The van der Waals surface area contributed by atoms with E-state index in [-0.39, 0.29) is 13.1 Å². The summed E-state index contributed by atoms with van der Waals surface area (Å²) in [6.45, 7) is 0.0703. The molecule has 0 amide bonds. The number of rotatable bonds is 4. The number of carboxylic acids is 1. The molecule has 68 valence electrons. The SMILES string of the molecule is C#CCN(CC(=O)O)c1nncs1. The van der Waals surface area contributed by atoms with Crippen LogP contribution >= 0.6 is 11.3 Å². The number of nitrogens with zero attached hydrogens (tertiary/aromatic N) is 3. The van der Waals surface area contributed by atoms with Crippen molar-refractivity contribution in [2.75, 3.05) is 18.0 Å². The minimum absolute atomic E-state index is 0.153. The number of hydrogen-bond donors (Lipinski definition) is 1. The smallest absolute Gasteiger partial charge is 0.323 e. The predicted molar refractivity (Wildman–Crippen MR) is 48.6 cm³/mol. The second kappa shape index (κ2) is 4.42. The van der Waals surface area contributed by atoms with Crippen molar-refractivity contribution in [2.24, 2.45) is 0 Å². The Morgan fingerprint density at radius 3 is 3.08 bits per heavy atom. The zero-order chi connectivity index (χ0) is 9.68. The van der Waals surface area contributed by atoms with Crippen molar-refractivity contribution < 1.29 is 9.90 Å². The van der Waals surface area contributed by atoms with Crippen molar-refractivity contribution >= 4 is 22.4 Å². The summed E-state index contributed by atoms with van der Waals surface area (Å²) in [5.74, 6) is 1.42. The maximum absolute atomic E-state index is 10.4. The van der Waals surface area contributed by atoms with E-state index in [4.69, 9.17) is 11.5 Å². The van der Waals surface area contributed by atoms with E-state index >= 15 is 0 Å². The lowest BCUT2D eigenvalue weighted by Gasteiger charge is -2.14. The maximum Gasteiger partial charge on any atom is 0.323 e. The fourth-order valence-electron chi connectivity index (χ4n) is 0.770. The highest BCUT2D eigenvalue weighted by Crippen LogP contribution is 2.14. The van der Waals surface area contributed by atoms with Crippen LogP contribution in [0.5, 0.6) is 0 Å². The van der Waals surface area contributed by atoms with Gasteiger partial charge in [-0.1, -0.05) is 17.3 Å². The van der Waals surface area contributed by atoms with Gasteiger partial charge in [0.1, 0.15) is 12.1 Å². The number of carbonyl (C=O) groups is 1. The number of terminal acetylenes is 1. The van der Waals surface area contributed by atoms with E-state index in [9.17, 15) is 4.79 Å². The Labute approximate surface area is 79.0 Å². The molecule has 0 atom stereocenters. The molecule has 0 aromatic carbocycles. The molecule has 0 bridgehead atoms. The third-order valence-electron chi connectivity index (χ3n) is 1.23. The Hall–Kier alpha value is -1.61. The van der Waals surface area contributed by atoms with Crippen LogP contribution in [-0.2, 0) is 4.79 Å². The standard InChI is InChI=1S/C7H7N3O2S/c1-2-3-10(4-6(11)12)7-9-8-5-13-7/h1,5H,3-4H2,(H,11,12). The minimum atomic E-state index is -0.939. The highest BCUT2D eigenvalue weighted by Gasteiger charge is 2.11. The highest BCUT2D eigenvalue weighted by atomic mass is 32.1. The van der Waals surface area contributed by atoms with Crippen molar-refractivity contribution in [3.05, 3.63) is 5.51 Å². The van der Waals surface area contributed by atoms with E-state index < -0.39 is 5.97 Å². The Kier molecular flexibility index (Phi) is 3.23. The Morgan fingerprint density at radius 2 is 2.62 bits per heavy atom. The highest BCUT2D eigenvalue weighted by molar-refractivity contribution is 7.13. The fraction of sp³-hybridized carbons (Fsp3) is 0.286. The number of anilines is 1. The third kappa shape index (κ3) is 2.72. The van der Waals surface area contributed by atoms with Crippen LogP contribution in [0.2, 0.25) is 0 Å². The van der Waals surface area contributed by atoms with Crippen LogP contribution < -0.4 is 4.90 Å². The summed E-state index contributed by atoms with van der Waals surface area (Å²) in [6, 6.07) is 0. The summed E-state index contributed by atoms with van der Waals surface area (Å²) in [6.07, 6.45) is 5.08. The zero-order valence-electron chi connectivity index (χ0n) is 6.67. The number of carboxylic acid groups (broad SMARTS) is 1. The van der Waals surface area contributed by atoms with Crippen molar-refractivity contribution in [1.82, 2.24) is 10.2 Å². The average Bonchev–Trinajstić information content (AvgIpc) is 2.54. The van der Waals surface area contributed by atoms with Gasteiger partial charge in [-0.25, -0.2) is 0 Å². The molecule has 0 aliphatic carbocycles. The summed E-state index contributed by atoms with van der Waals surface area (Å²) in [4.78, 5) is 11.9. The molecule has 13 heavy (non-hydrogen) atoms. The van der Waals surface area contributed by atoms with Gasteiger partial charge in [0, 0.05) is 0 Å². The summed E-state index contributed by atoms with van der Waals surface area (Å²) < 4.78 is 0. The van der Waals surface area contributed by atoms with Gasteiger partial charge >= 0.3 is 5.97 Å². The Balaban J connectivity index is 2.69. The average molecular weight is 197 g/mol. The molecule has 5 nitrogen and oxygen atoms in total. The zero-order valence-corrected chi connectivity index (χ0v) is 7.49. The molecule has 0 aliphatic rings. The monoisotopic (exact) mass is 197 g/mol. The van der Waals surface area contributed by atoms with E-state index in [0.717, 1.165) is 0 Å². The molecule has 0 aliphatic heterocycles. The lowest BCUT2D eigenvalue weighted by Crippen LogP contribution is -2.29. The van der Waals surface area contributed by atoms with Crippen molar-refractivity contribution in [3.63, 3.8) is 0 Å². The van der Waals surface area contributed by atoms with Crippen LogP contribution in [0.3, 0.4) is 0 Å². The number of hydrogen-bond acceptors (Lipinski definition) is 5. The lowest BCUT2D eigenvalue weighted by atomic mass is 10.5. The molecule has 1 aromatic heterocycles. The molecule has 1 rings (SSSR count). The molecular weight excluding hydrogens is 190 g/mol. The summed E-state index contributed by atoms with van der Waals surface area (Å²) in [7, 11) is 0. The summed E-state index contributed by atoms with van der Waals surface area (Å²) in [5, 5.41) is 16.4. The van der Waals surface area contributed by atoms with Crippen LogP contribution in [0.25, 0.3) is 0 Å². The Morgan fingerprint density at radius 1 is 1.85 bits per heavy atom. The normalized spacial score (nSPS) is 9.15. The first kappa shape index (κ1) is 9.48. The van der Waals surface area contributed by atoms with E-state index in [1.807, 2.05) is 0 Å². The number of aromatic nitrogens is 2. The van der Waals surface area contributed by atoms with Gasteiger partial charge in [0.2, 0.25) is 5.13 Å². The van der Waals surface area contributed by atoms with Crippen LogP contribution in [0.1, 0.15) is 0 Å². The Bertz CT molecular complexity index is 317. The van der Waals surface area contributed by atoms with Gasteiger partial charge in [0.25, 0.3) is 0 Å². The molecule has 0 unspecified atom stereocenters. The quantitative estimate of drug-likeness (QED) is 0.691. The van der Waals surface area contributed by atoms with Gasteiger partial charge in [-0.2, -0.15) is 0 Å². The van der Waals surface area contributed by atoms with E-state index in [2.05, 4.69) is 16.1 Å². The first-order chi connectivity index (χ1) is 6.24. The largest absolute Gasteiger partial charge is 0.480 e. The fourth-order valence-corrected chi connectivity index (χ4v) is 1.33. The summed E-state index contributed by atoms with van der Waals surface area (Å²) >= 11 is 1.26. The topological polar surface area (TPSA) is 66.3 Å². The van der Waals surface area contributed by atoms with Crippen LogP contribution in [0.15, 0.2) is 5.51 Å². The van der Waals surface area contributed by atoms with Crippen LogP contribution in [0.4, 0.5) is 5.13 Å². The molecule has 6 heteroatoms. The molecule has 1 aromatic rings. The van der Waals surface area contributed by atoms with E-state index in [1.165, 1.54) is 21.7 Å². The van der Waals surface area contributed by atoms with Crippen molar-refractivity contribution in [2.45, 2.75) is 0 Å². The van der Waals surface area contributed by atoms with E-state index in [0.29, 0.717) is 5.13 Å². The van der Waals surface area contributed by atoms with Crippen LogP contribution in [-0.4, -0.2) is 34.4 Å². The van der Waals surface area contributed by atoms with Gasteiger partial charge in [0.15, 0.2) is 0 Å². The molecule has 1 N–H and O–H groups in total. The second-order valence-corrected chi connectivity index (χ2v) is 2.99. The van der Waals surface area contributed by atoms with Gasteiger partial charge in [-0.05, 0) is 0 Å². The lowest BCUT2D eigenvalue weighted by molar-refractivity contribution is -0.135. The van der Waals surface area contributed by atoms with Gasteiger partial charge in [0.05, 0.1) is 6.54 Å². The molecule has 1 heterocycles. The first-order valence-corrected chi connectivity index (χ1v) is 4.28. The van der Waals surface area contributed by atoms with Gasteiger partial charge < -0.3 is 10.0 Å². The number of aliphatic carboxylic acids is 1. The minimum Gasteiger partial charge on any atom is -0.480 e. The molecule has 0 fully saturated rings. The molecular formula is C7H7N3O2S. The maximum atomic E-state index is 10.4. The van der Waals surface area contributed by atoms with Gasteiger partial charge in [-0.3, -0.25) is 4.79 Å². The summed E-state index contributed by atoms with van der Waals surface area (Å²) in [5.41, 5.74) is 1.53. The second-order valence-electron chi connectivity index (χ2n) is 2.18. The molecule has 0 saturated carbocycles. The molecule has 0 saturated heterocycles. The third-order valence-corrected chi connectivity index (χ3v) is 1.98. The van der Waals surface area contributed by atoms with Crippen molar-refractivity contribution in [3.8, 4) is 12.3 Å². The first-order valence-electron chi connectivity index (χ1n) is 3.40. The molecule has 0 radical (unpaired) electrons. The molecule has 0 spiro atoms. The van der Waals surface area contributed by atoms with Crippen molar-refractivity contribution in [1.29, 1.82) is 0 Å². The van der Waals surface area contributed by atoms with E-state index in [1.54, 1.807) is 0 Å².